The molecular weight excluding hydrogens is 262 g/mol. The van der Waals surface area contributed by atoms with E-state index >= 15 is 0 Å². The first kappa shape index (κ1) is 18.1. The van der Waals surface area contributed by atoms with E-state index in [1.54, 1.807) is 0 Å². The summed E-state index contributed by atoms with van der Waals surface area (Å²) in [6, 6.07) is 4.28. The minimum absolute atomic E-state index is 0.305. The van der Waals surface area contributed by atoms with E-state index in [0.29, 0.717) is 6.10 Å². The molecule has 120 valence electrons. The van der Waals surface area contributed by atoms with Crippen molar-refractivity contribution in [1.29, 1.82) is 0 Å². The summed E-state index contributed by atoms with van der Waals surface area (Å²) in [5.74, 6) is 0. The van der Waals surface area contributed by atoms with Crippen molar-refractivity contribution in [2.45, 2.75) is 59.7 Å². The van der Waals surface area contributed by atoms with Crippen LogP contribution in [0.5, 0.6) is 0 Å². The molecule has 0 spiro atoms. The number of benzene rings is 1. The summed E-state index contributed by atoms with van der Waals surface area (Å²) < 4.78 is 5.49. The lowest BCUT2D eigenvalue weighted by Gasteiger charge is -2.18. The van der Waals surface area contributed by atoms with Crippen LogP contribution in [-0.2, 0) is 4.74 Å². The van der Waals surface area contributed by atoms with Crippen molar-refractivity contribution in [3.05, 3.63) is 34.4 Å². The molecule has 2 N–H and O–H groups in total. The Balaban J connectivity index is 2.30. The van der Waals surface area contributed by atoms with Crippen molar-refractivity contribution in [2.75, 3.05) is 19.7 Å². The molecule has 0 saturated heterocycles. The molecule has 0 fully saturated rings. The van der Waals surface area contributed by atoms with Crippen molar-refractivity contribution in [3.8, 4) is 0 Å². The van der Waals surface area contributed by atoms with Gasteiger partial charge < -0.3 is 15.2 Å². The van der Waals surface area contributed by atoms with Crippen molar-refractivity contribution < 1.29 is 9.84 Å². The molecule has 0 bridgehead atoms. The van der Waals surface area contributed by atoms with E-state index in [-0.39, 0.29) is 6.10 Å². The highest BCUT2D eigenvalue weighted by molar-refractivity contribution is 5.38. The van der Waals surface area contributed by atoms with Gasteiger partial charge in [0, 0.05) is 6.61 Å². The van der Waals surface area contributed by atoms with Crippen LogP contribution in [0.4, 0.5) is 0 Å². The lowest BCUT2D eigenvalue weighted by molar-refractivity contribution is 0.0769. The predicted molar refractivity (Wildman–Crippen MR) is 88.8 cm³/mol. The van der Waals surface area contributed by atoms with Crippen LogP contribution in [0, 0.1) is 20.8 Å². The first-order chi connectivity index (χ1) is 9.91. The SMILES string of the molecule is Cc1cc(C)c(C(O)CCNCCCOC(C)C)c(C)c1. The van der Waals surface area contributed by atoms with Gasteiger partial charge in [-0.05, 0) is 77.2 Å². The average Bonchev–Trinajstić information content (AvgIpc) is 2.35. The molecule has 21 heavy (non-hydrogen) atoms. The predicted octanol–water partition coefficient (Wildman–Crippen LogP) is 3.44. The zero-order valence-corrected chi connectivity index (χ0v) is 14.2. The molecule has 3 nitrogen and oxygen atoms in total. The maximum atomic E-state index is 10.4. The van der Waals surface area contributed by atoms with Gasteiger partial charge in [-0.25, -0.2) is 0 Å². The van der Waals surface area contributed by atoms with Gasteiger partial charge in [0.1, 0.15) is 0 Å². The highest BCUT2D eigenvalue weighted by Crippen LogP contribution is 2.25. The average molecular weight is 293 g/mol. The summed E-state index contributed by atoms with van der Waals surface area (Å²) in [6.07, 6.45) is 1.68. The molecule has 1 aromatic rings. The second-order valence-electron chi connectivity index (χ2n) is 6.14. The van der Waals surface area contributed by atoms with Crippen LogP contribution in [-0.4, -0.2) is 30.9 Å². The van der Waals surface area contributed by atoms with Gasteiger partial charge in [0.15, 0.2) is 0 Å². The number of hydrogen-bond acceptors (Lipinski definition) is 3. The third kappa shape index (κ3) is 6.60. The Morgan fingerprint density at radius 2 is 1.71 bits per heavy atom. The Hall–Kier alpha value is -0.900. The number of ether oxygens (including phenoxy) is 1. The Morgan fingerprint density at radius 1 is 1.10 bits per heavy atom. The minimum Gasteiger partial charge on any atom is -0.388 e. The molecule has 0 heterocycles. The number of rotatable bonds is 9. The maximum Gasteiger partial charge on any atom is 0.0807 e. The number of aliphatic hydroxyl groups is 1. The van der Waals surface area contributed by atoms with Crippen LogP contribution in [0.3, 0.4) is 0 Å². The van der Waals surface area contributed by atoms with Gasteiger partial charge in [0.05, 0.1) is 12.2 Å². The second-order valence-corrected chi connectivity index (χ2v) is 6.14. The van der Waals surface area contributed by atoms with Gasteiger partial charge in [-0.1, -0.05) is 17.7 Å². The van der Waals surface area contributed by atoms with Crippen LogP contribution < -0.4 is 5.32 Å². The summed E-state index contributed by atoms with van der Waals surface area (Å²) in [5.41, 5.74) is 4.71. The Bertz CT molecular complexity index is 406. The van der Waals surface area contributed by atoms with Gasteiger partial charge in [-0.3, -0.25) is 0 Å². The van der Waals surface area contributed by atoms with E-state index in [9.17, 15) is 5.11 Å². The van der Waals surface area contributed by atoms with E-state index in [2.05, 4.69) is 52.1 Å². The van der Waals surface area contributed by atoms with E-state index in [1.807, 2.05) is 0 Å². The summed E-state index contributed by atoms with van der Waals surface area (Å²) in [4.78, 5) is 0. The molecule has 1 aromatic carbocycles. The molecule has 1 atom stereocenters. The second kappa shape index (κ2) is 9.19. The molecule has 0 radical (unpaired) electrons. The summed E-state index contributed by atoms with van der Waals surface area (Å²) in [7, 11) is 0. The maximum absolute atomic E-state index is 10.4. The summed E-state index contributed by atoms with van der Waals surface area (Å²) >= 11 is 0. The number of hydrogen-bond donors (Lipinski definition) is 2. The van der Waals surface area contributed by atoms with Crippen molar-refractivity contribution in [2.24, 2.45) is 0 Å². The quantitative estimate of drug-likeness (QED) is 0.685. The molecule has 0 saturated carbocycles. The Kier molecular flexibility index (Phi) is 7.94. The van der Waals surface area contributed by atoms with Gasteiger partial charge in [0.25, 0.3) is 0 Å². The summed E-state index contributed by atoms with van der Waals surface area (Å²) in [5, 5.41) is 13.8. The van der Waals surface area contributed by atoms with Crippen molar-refractivity contribution >= 4 is 0 Å². The molecule has 1 rings (SSSR count). The zero-order valence-electron chi connectivity index (χ0n) is 14.2. The monoisotopic (exact) mass is 293 g/mol. The lowest BCUT2D eigenvalue weighted by atomic mass is 9.94. The van der Waals surface area contributed by atoms with Crippen LogP contribution in [0.25, 0.3) is 0 Å². The number of aliphatic hydroxyl groups excluding tert-OH is 1. The number of nitrogens with one attached hydrogen (secondary N) is 1. The van der Waals surface area contributed by atoms with Crippen LogP contribution >= 0.6 is 0 Å². The fourth-order valence-electron chi connectivity index (χ4n) is 2.74. The number of aryl methyl sites for hydroxylation is 3. The first-order valence-corrected chi connectivity index (χ1v) is 8.00. The van der Waals surface area contributed by atoms with Gasteiger partial charge in [0.2, 0.25) is 0 Å². The first-order valence-electron chi connectivity index (χ1n) is 8.00. The molecule has 1 unspecified atom stereocenters. The fraction of sp³-hybridized carbons (Fsp3) is 0.667. The van der Waals surface area contributed by atoms with Crippen LogP contribution in [0.15, 0.2) is 12.1 Å². The summed E-state index contributed by atoms with van der Waals surface area (Å²) in [6.45, 7) is 12.9. The lowest BCUT2D eigenvalue weighted by Crippen LogP contribution is -2.21. The topological polar surface area (TPSA) is 41.5 Å². The molecular formula is C18H31NO2. The van der Waals surface area contributed by atoms with Crippen molar-refractivity contribution in [3.63, 3.8) is 0 Å². The zero-order chi connectivity index (χ0) is 15.8. The molecule has 0 aliphatic heterocycles. The standard InChI is InChI=1S/C18H31NO2/c1-13(2)21-10-6-8-19-9-7-17(20)18-15(4)11-14(3)12-16(18)5/h11-13,17,19-20H,6-10H2,1-5H3. The van der Waals surface area contributed by atoms with Crippen molar-refractivity contribution in [1.82, 2.24) is 5.32 Å². The normalized spacial score (nSPS) is 12.9. The molecule has 3 heteroatoms. The fourth-order valence-corrected chi connectivity index (χ4v) is 2.74. The molecule has 0 aromatic heterocycles. The third-order valence-corrected chi connectivity index (χ3v) is 3.61. The van der Waals surface area contributed by atoms with Gasteiger partial charge in [-0.15, -0.1) is 0 Å². The van der Waals surface area contributed by atoms with E-state index in [4.69, 9.17) is 4.74 Å². The van der Waals surface area contributed by atoms with E-state index in [1.165, 1.54) is 16.7 Å². The molecule has 0 amide bonds. The Morgan fingerprint density at radius 3 is 2.29 bits per heavy atom. The van der Waals surface area contributed by atoms with E-state index < -0.39 is 0 Å². The largest absolute Gasteiger partial charge is 0.388 e. The van der Waals surface area contributed by atoms with Crippen LogP contribution in [0.2, 0.25) is 0 Å². The van der Waals surface area contributed by atoms with Gasteiger partial charge in [-0.2, -0.15) is 0 Å². The Labute approximate surface area is 129 Å². The highest BCUT2D eigenvalue weighted by atomic mass is 16.5. The van der Waals surface area contributed by atoms with Gasteiger partial charge >= 0.3 is 0 Å². The van der Waals surface area contributed by atoms with Crippen LogP contribution in [0.1, 0.15) is 55.0 Å². The highest BCUT2D eigenvalue weighted by Gasteiger charge is 2.13. The third-order valence-electron chi connectivity index (χ3n) is 3.61. The smallest absolute Gasteiger partial charge is 0.0807 e. The minimum atomic E-state index is -0.384. The molecule has 0 aliphatic rings. The van der Waals surface area contributed by atoms with E-state index in [0.717, 1.165) is 38.1 Å². The molecule has 0 aliphatic carbocycles.